The van der Waals surface area contributed by atoms with Gasteiger partial charge in [-0.15, -0.1) is 6.42 Å². The summed E-state index contributed by atoms with van der Waals surface area (Å²) in [7, 11) is 3.31. The maximum Gasteiger partial charge on any atom is 0.130 e. The average Bonchev–Trinajstić information content (AvgIpc) is 2.76. The van der Waals surface area contributed by atoms with Crippen molar-refractivity contribution in [2.75, 3.05) is 27.4 Å². The molecule has 0 radical (unpaired) electrons. The van der Waals surface area contributed by atoms with E-state index in [0.717, 1.165) is 34.6 Å². The lowest BCUT2D eigenvalue weighted by Gasteiger charge is -2.46. The van der Waals surface area contributed by atoms with Crippen molar-refractivity contribution in [1.82, 2.24) is 0 Å². The molecule has 2 rings (SSSR count). The van der Waals surface area contributed by atoms with Crippen LogP contribution in [0.15, 0.2) is 36.4 Å². The van der Waals surface area contributed by atoms with Gasteiger partial charge in [0.25, 0.3) is 0 Å². The molecule has 0 amide bonds. The summed E-state index contributed by atoms with van der Waals surface area (Å²) in [6.45, 7) is 17.9. The molecule has 0 fully saturated rings. The highest BCUT2D eigenvalue weighted by molar-refractivity contribution is 5.49. The van der Waals surface area contributed by atoms with Crippen LogP contribution in [0.4, 0.5) is 0 Å². The SMILES string of the molecule is C#Cc1cc(COC)c(OCCOc2ccc(C(C)(CC(C)(C)C)C(C)(C)C)cc2)c(COC)c1. The van der Waals surface area contributed by atoms with E-state index in [-0.39, 0.29) is 16.2 Å². The van der Waals surface area contributed by atoms with Gasteiger partial charge in [-0.1, -0.05) is 66.5 Å². The van der Waals surface area contributed by atoms with Gasteiger partial charge in [-0.25, -0.2) is 0 Å². The summed E-state index contributed by atoms with van der Waals surface area (Å²) in [5, 5.41) is 0. The number of terminal acetylenes is 1. The van der Waals surface area contributed by atoms with E-state index in [1.165, 1.54) is 5.56 Å². The number of hydrogen-bond acceptors (Lipinski definition) is 4. The van der Waals surface area contributed by atoms with Gasteiger partial charge in [0, 0.05) is 30.9 Å². The Hall–Kier alpha value is -2.48. The Balaban J connectivity index is 2.10. The van der Waals surface area contributed by atoms with Gasteiger partial charge in [0.05, 0.1) is 13.2 Å². The van der Waals surface area contributed by atoms with Crippen LogP contribution in [0.3, 0.4) is 0 Å². The monoisotopic (exact) mass is 480 g/mol. The molecule has 1 unspecified atom stereocenters. The van der Waals surface area contributed by atoms with Crippen molar-refractivity contribution in [2.45, 2.75) is 73.5 Å². The minimum atomic E-state index is 0.0486. The second-order valence-corrected chi connectivity index (χ2v) is 11.7. The lowest BCUT2D eigenvalue weighted by molar-refractivity contribution is 0.134. The largest absolute Gasteiger partial charge is 0.490 e. The fraction of sp³-hybridized carbons (Fsp3) is 0.548. The van der Waals surface area contributed by atoms with Crippen LogP contribution in [0.2, 0.25) is 0 Å². The van der Waals surface area contributed by atoms with Gasteiger partial charge in [0.2, 0.25) is 0 Å². The highest BCUT2D eigenvalue weighted by Crippen LogP contribution is 2.48. The van der Waals surface area contributed by atoms with Crippen LogP contribution in [-0.4, -0.2) is 27.4 Å². The zero-order chi connectivity index (χ0) is 26.3. The van der Waals surface area contributed by atoms with E-state index in [1.807, 2.05) is 12.1 Å². The molecule has 0 saturated heterocycles. The minimum Gasteiger partial charge on any atom is -0.490 e. The fourth-order valence-corrected chi connectivity index (χ4v) is 4.63. The molecule has 0 saturated carbocycles. The Labute approximate surface area is 213 Å². The summed E-state index contributed by atoms with van der Waals surface area (Å²) < 4.78 is 22.8. The van der Waals surface area contributed by atoms with Gasteiger partial charge in [0.1, 0.15) is 24.7 Å². The molecule has 0 aliphatic carbocycles. The quantitative estimate of drug-likeness (QED) is 0.253. The molecule has 0 N–H and O–H groups in total. The number of benzene rings is 2. The van der Waals surface area contributed by atoms with Gasteiger partial charge >= 0.3 is 0 Å². The van der Waals surface area contributed by atoms with E-state index in [2.05, 4.69) is 78.7 Å². The highest BCUT2D eigenvalue weighted by atomic mass is 16.5. The predicted octanol–water partition coefficient (Wildman–Crippen LogP) is 7.16. The van der Waals surface area contributed by atoms with Crippen LogP contribution in [0.1, 0.15) is 77.1 Å². The zero-order valence-electron chi connectivity index (χ0n) is 23.2. The Morgan fingerprint density at radius 2 is 1.29 bits per heavy atom. The van der Waals surface area contributed by atoms with E-state index in [4.69, 9.17) is 25.4 Å². The molecule has 0 aromatic heterocycles. The smallest absolute Gasteiger partial charge is 0.130 e. The molecule has 0 aliphatic heterocycles. The molecule has 35 heavy (non-hydrogen) atoms. The Bertz CT molecular complexity index is 960. The lowest BCUT2D eigenvalue weighted by Crippen LogP contribution is -2.40. The summed E-state index contributed by atoms with van der Waals surface area (Å²) in [6, 6.07) is 12.4. The Morgan fingerprint density at radius 3 is 1.71 bits per heavy atom. The third-order valence-electron chi connectivity index (χ3n) is 6.64. The highest BCUT2D eigenvalue weighted by Gasteiger charge is 2.41. The molecule has 4 heteroatoms. The zero-order valence-corrected chi connectivity index (χ0v) is 23.2. The molecular weight excluding hydrogens is 436 g/mol. The molecule has 2 aromatic carbocycles. The van der Waals surface area contributed by atoms with E-state index in [9.17, 15) is 0 Å². The third kappa shape index (κ3) is 7.75. The second kappa shape index (κ2) is 12.0. The molecule has 4 nitrogen and oxygen atoms in total. The first kappa shape index (κ1) is 28.8. The van der Waals surface area contributed by atoms with Gasteiger partial charge in [-0.3, -0.25) is 0 Å². The number of rotatable bonds is 11. The normalized spacial score (nSPS) is 13.7. The standard InChI is InChI=1S/C31H44O4/c1-11-23-18-24(20-32-9)28(25(19-23)21-33-10)35-17-16-34-27-14-12-26(13-15-27)31(8,30(5,6)7)22-29(2,3)4/h1,12-15,18-19H,16-17,20-22H2,2-10H3. The van der Waals surface area contributed by atoms with E-state index in [1.54, 1.807) is 14.2 Å². The molecule has 0 spiro atoms. The molecule has 0 bridgehead atoms. The van der Waals surface area contributed by atoms with E-state index < -0.39 is 0 Å². The Kier molecular flexibility index (Phi) is 9.84. The van der Waals surface area contributed by atoms with E-state index in [0.29, 0.717) is 26.4 Å². The van der Waals surface area contributed by atoms with Crippen molar-refractivity contribution in [3.63, 3.8) is 0 Å². The van der Waals surface area contributed by atoms with E-state index >= 15 is 0 Å². The van der Waals surface area contributed by atoms with Crippen molar-refractivity contribution in [3.8, 4) is 23.8 Å². The minimum absolute atomic E-state index is 0.0486. The van der Waals surface area contributed by atoms with Crippen LogP contribution < -0.4 is 9.47 Å². The van der Waals surface area contributed by atoms with Gasteiger partial charge in [0.15, 0.2) is 0 Å². The topological polar surface area (TPSA) is 36.9 Å². The maximum atomic E-state index is 6.12. The molecule has 1 atom stereocenters. The summed E-state index contributed by atoms with van der Waals surface area (Å²) in [4.78, 5) is 0. The third-order valence-corrected chi connectivity index (χ3v) is 6.64. The summed E-state index contributed by atoms with van der Waals surface area (Å²) in [5.74, 6) is 4.27. The molecule has 192 valence electrons. The number of hydrogen-bond donors (Lipinski definition) is 0. The molecule has 2 aromatic rings. The van der Waals surface area contributed by atoms with Gasteiger partial charge < -0.3 is 18.9 Å². The molecular formula is C31H44O4. The van der Waals surface area contributed by atoms with Crippen LogP contribution in [-0.2, 0) is 28.1 Å². The van der Waals surface area contributed by atoms with Crippen molar-refractivity contribution < 1.29 is 18.9 Å². The summed E-state index contributed by atoms with van der Waals surface area (Å²) in [6.07, 6.45) is 6.72. The number of methoxy groups -OCH3 is 2. The molecule has 0 aliphatic rings. The summed E-state index contributed by atoms with van der Waals surface area (Å²) in [5.41, 5.74) is 4.33. The summed E-state index contributed by atoms with van der Waals surface area (Å²) >= 11 is 0. The predicted molar refractivity (Wildman–Crippen MR) is 144 cm³/mol. The second-order valence-electron chi connectivity index (χ2n) is 11.7. The van der Waals surface area contributed by atoms with Crippen LogP contribution in [0, 0.1) is 23.2 Å². The van der Waals surface area contributed by atoms with Gasteiger partial charge in [-0.2, -0.15) is 0 Å². The average molecular weight is 481 g/mol. The van der Waals surface area contributed by atoms with Crippen LogP contribution in [0.25, 0.3) is 0 Å². The van der Waals surface area contributed by atoms with Crippen molar-refractivity contribution in [1.29, 1.82) is 0 Å². The van der Waals surface area contributed by atoms with Gasteiger partial charge in [-0.05, 0) is 52.5 Å². The van der Waals surface area contributed by atoms with Crippen molar-refractivity contribution in [3.05, 3.63) is 58.7 Å². The maximum absolute atomic E-state index is 6.12. The van der Waals surface area contributed by atoms with Crippen LogP contribution in [0.5, 0.6) is 11.5 Å². The van der Waals surface area contributed by atoms with Crippen molar-refractivity contribution in [2.24, 2.45) is 10.8 Å². The number of ether oxygens (including phenoxy) is 4. The molecule has 0 heterocycles. The Morgan fingerprint density at radius 1 is 0.771 bits per heavy atom. The fourth-order valence-electron chi connectivity index (χ4n) is 4.63. The first-order chi connectivity index (χ1) is 16.3. The van der Waals surface area contributed by atoms with Crippen molar-refractivity contribution >= 4 is 0 Å². The lowest BCUT2D eigenvalue weighted by atomic mass is 9.58. The first-order valence-electron chi connectivity index (χ1n) is 12.3. The first-order valence-corrected chi connectivity index (χ1v) is 12.3. The van der Waals surface area contributed by atoms with Crippen LogP contribution >= 0.6 is 0 Å².